The largest absolute Gasteiger partial charge is 0.317 e. The minimum Gasteiger partial charge on any atom is -0.317 e. The average Bonchev–Trinajstić information content (AvgIpc) is 2.71. The van der Waals surface area contributed by atoms with Gasteiger partial charge in [-0.1, -0.05) is 0 Å². The van der Waals surface area contributed by atoms with E-state index in [0.29, 0.717) is 6.04 Å². The molecule has 2 N–H and O–H groups in total. The highest BCUT2D eigenvalue weighted by Crippen LogP contribution is 2.22. The van der Waals surface area contributed by atoms with Crippen molar-refractivity contribution in [1.29, 1.82) is 0 Å². The van der Waals surface area contributed by atoms with Crippen LogP contribution in [0, 0.1) is 0 Å². The first-order valence-corrected chi connectivity index (χ1v) is 10.1. The molecule has 1 atom stereocenters. The first-order chi connectivity index (χ1) is 8.82. The molecular weight excluding hydrogens is 288 g/mol. The Hall–Kier alpha value is -0.180. The molecule has 8 heteroatoms. The van der Waals surface area contributed by atoms with E-state index >= 15 is 0 Å². The number of sulfone groups is 1. The molecule has 0 spiro atoms. The normalized spacial score (nSPS) is 35.3. The van der Waals surface area contributed by atoms with Crippen molar-refractivity contribution in [2.75, 3.05) is 18.6 Å². The van der Waals surface area contributed by atoms with Gasteiger partial charge in [0.1, 0.15) is 0 Å². The van der Waals surface area contributed by atoms with Crippen molar-refractivity contribution in [1.82, 2.24) is 10.0 Å². The molecule has 0 aromatic heterocycles. The summed E-state index contributed by atoms with van der Waals surface area (Å²) >= 11 is 0. The van der Waals surface area contributed by atoms with Gasteiger partial charge in [-0.25, -0.2) is 21.6 Å². The van der Waals surface area contributed by atoms with E-state index < -0.39 is 25.1 Å². The molecule has 6 nitrogen and oxygen atoms in total. The maximum atomic E-state index is 12.1. The fourth-order valence-electron chi connectivity index (χ4n) is 2.83. The summed E-state index contributed by atoms with van der Waals surface area (Å²) in [6.45, 7) is 0. The summed E-state index contributed by atoms with van der Waals surface area (Å²) < 4.78 is 49.7. The van der Waals surface area contributed by atoms with E-state index in [1.165, 1.54) is 0 Å². The molecule has 0 aromatic carbocycles. The third-order valence-electron chi connectivity index (χ3n) is 4.10. The summed E-state index contributed by atoms with van der Waals surface area (Å²) in [4.78, 5) is 0. The van der Waals surface area contributed by atoms with Crippen LogP contribution < -0.4 is 10.0 Å². The Morgan fingerprint density at radius 1 is 1.00 bits per heavy atom. The van der Waals surface area contributed by atoms with Crippen molar-refractivity contribution in [3.05, 3.63) is 0 Å². The Bertz CT molecular complexity index is 507. The maximum Gasteiger partial charge on any atom is 0.215 e. The number of rotatable bonds is 4. The predicted octanol–water partition coefficient (Wildman–Crippen LogP) is -0.376. The predicted molar refractivity (Wildman–Crippen MR) is 74.2 cm³/mol. The van der Waals surface area contributed by atoms with Crippen molar-refractivity contribution in [3.8, 4) is 0 Å². The van der Waals surface area contributed by atoms with E-state index in [-0.39, 0.29) is 24.0 Å². The fraction of sp³-hybridized carbons (Fsp3) is 1.00. The lowest BCUT2D eigenvalue weighted by atomic mass is 9.92. The van der Waals surface area contributed by atoms with E-state index in [1.54, 1.807) is 0 Å². The van der Waals surface area contributed by atoms with E-state index in [0.717, 1.165) is 25.7 Å². The number of nitrogens with one attached hydrogen (secondary N) is 2. The third kappa shape index (κ3) is 3.90. The highest BCUT2D eigenvalue weighted by molar-refractivity contribution is 7.95. The summed E-state index contributed by atoms with van der Waals surface area (Å²) in [6.07, 6.45) is 3.75. The van der Waals surface area contributed by atoms with E-state index in [1.807, 2.05) is 7.05 Å². The molecule has 0 radical (unpaired) electrons. The Kier molecular flexibility index (Phi) is 4.54. The molecule has 1 aliphatic heterocycles. The van der Waals surface area contributed by atoms with Gasteiger partial charge in [-0.3, -0.25) is 0 Å². The van der Waals surface area contributed by atoms with Gasteiger partial charge in [0.15, 0.2) is 9.84 Å². The molecule has 1 heterocycles. The number of hydrogen-bond acceptors (Lipinski definition) is 5. The molecule has 0 bridgehead atoms. The molecule has 0 amide bonds. The standard InChI is InChI=1S/C11H22N2O4S2/c1-12-9-2-4-10(5-3-9)13-19(16,17)11-6-7-18(14,15)8-11/h9-13H,2-8H2,1H3. The zero-order valence-corrected chi connectivity index (χ0v) is 12.8. The zero-order valence-electron chi connectivity index (χ0n) is 11.1. The average molecular weight is 310 g/mol. The van der Waals surface area contributed by atoms with Crippen molar-refractivity contribution >= 4 is 19.9 Å². The van der Waals surface area contributed by atoms with Gasteiger partial charge in [0.2, 0.25) is 10.0 Å². The van der Waals surface area contributed by atoms with Crippen LogP contribution in [0.5, 0.6) is 0 Å². The zero-order chi connectivity index (χ0) is 14.1. The van der Waals surface area contributed by atoms with Gasteiger partial charge in [-0.05, 0) is 39.2 Å². The maximum absolute atomic E-state index is 12.1. The van der Waals surface area contributed by atoms with Gasteiger partial charge < -0.3 is 5.32 Å². The first-order valence-electron chi connectivity index (χ1n) is 6.71. The van der Waals surface area contributed by atoms with Crippen LogP contribution in [0.4, 0.5) is 0 Å². The summed E-state index contributed by atoms with van der Waals surface area (Å²) in [5, 5.41) is 2.43. The van der Waals surface area contributed by atoms with Crippen LogP contribution in [0.25, 0.3) is 0 Å². The lowest BCUT2D eigenvalue weighted by molar-refractivity contribution is 0.342. The van der Waals surface area contributed by atoms with Crippen LogP contribution in [-0.4, -0.2) is 52.7 Å². The van der Waals surface area contributed by atoms with E-state index in [9.17, 15) is 16.8 Å². The van der Waals surface area contributed by atoms with Gasteiger partial charge in [0.05, 0.1) is 16.8 Å². The Morgan fingerprint density at radius 3 is 2.05 bits per heavy atom. The molecule has 19 heavy (non-hydrogen) atoms. The van der Waals surface area contributed by atoms with Gasteiger partial charge in [-0.15, -0.1) is 0 Å². The topological polar surface area (TPSA) is 92.3 Å². The molecule has 112 valence electrons. The smallest absolute Gasteiger partial charge is 0.215 e. The van der Waals surface area contributed by atoms with Gasteiger partial charge in [-0.2, -0.15) is 0 Å². The minimum atomic E-state index is -3.50. The summed E-state index contributed by atoms with van der Waals surface area (Å²) in [5.41, 5.74) is 0. The van der Waals surface area contributed by atoms with Crippen LogP contribution in [0.3, 0.4) is 0 Å². The lowest BCUT2D eigenvalue weighted by Gasteiger charge is -2.29. The van der Waals surface area contributed by atoms with Crippen molar-refractivity contribution < 1.29 is 16.8 Å². The lowest BCUT2D eigenvalue weighted by Crippen LogP contribution is -2.45. The molecular formula is C11H22N2O4S2. The molecule has 2 aliphatic rings. The van der Waals surface area contributed by atoms with Crippen LogP contribution in [-0.2, 0) is 19.9 Å². The number of sulfonamides is 1. The summed E-state index contributed by atoms with van der Waals surface area (Å²) in [5.74, 6) is -0.237. The molecule has 2 rings (SSSR count). The highest BCUT2D eigenvalue weighted by Gasteiger charge is 2.38. The van der Waals surface area contributed by atoms with Crippen LogP contribution in [0.15, 0.2) is 0 Å². The van der Waals surface area contributed by atoms with Crippen LogP contribution in [0.1, 0.15) is 32.1 Å². The molecule has 0 aromatic rings. The molecule has 1 saturated carbocycles. The van der Waals surface area contributed by atoms with E-state index in [4.69, 9.17) is 0 Å². The Morgan fingerprint density at radius 2 is 1.58 bits per heavy atom. The van der Waals surface area contributed by atoms with Crippen molar-refractivity contribution in [3.63, 3.8) is 0 Å². The van der Waals surface area contributed by atoms with Gasteiger partial charge in [0.25, 0.3) is 0 Å². The van der Waals surface area contributed by atoms with Crippen LogP contribution in [0.2, 0.25) is 0 Å². The third-order valence-corrected chi connectivity index (χ3v) is 8.02. The quantitative estimate of drug-likeness (QED) is 0.739. The summed E-state index contributed by atoms with van der Waals surface area (Å²) in [7, 11) is -4.75. The Labute approximate surface area is 115 Å². The molecule has 2 fully saturated rings. The van der Waals surface area contributed by atoms with Gasteiger partial charge >= 0.3 is 0 Å². The first kappa shape index (κ1) is 15.2. The molecule has 1 saturated heterocycles. The number of hydrogen-bond donors (Lipinski definition) is 2. The second kappa shape index (κ2) is 5.67. The second-order valence-corrected chi connectivity index (χ2v) is 9.75. The van der Waals surface area contributed by atoms with Crippen molar-refractivity contribution in [2.45, 2.75) is 49.4 Å². The van der Waals surface area contributed by atoms with E-state index in [2.05, 4.69) is 10.0 Å². The monoisotopic (exact) mass is 310 g/mol. The van der Waals surface area contributed by atoms with Crippen LogP contribution >= 0.6 is 0 Å². The van der Waals surface area contributed by atoms with Gasteiger partial charge in [0, 0.05) is 12.1 Å². The van der Waals surface area contributed by atoms with Crippen molar-refractivity contribution in [2.24, 2.45) is 0 Å². The fourth-order valence-corrected chi connectivity index (χ4v) is 7.19. The SMILES string of the molecule is CNC1CCC(NS(=O)(=O)C2CCS(=O)(=O)C2)CC1. The molecule has 1 aliphatic carbocycles. The molecule has 1 unspecified atom stereocenters. The highest BCUT2D eigenvalue weighted by atomic mass is 32.2. The minimum absolute atomic E-state index is 0.00886. The summed E-state index contributed by atoms with van der Waals surface area (Å²) in [6, 6.07) is 0.422. The Balaban J connectivity index is 1.92. The second-order valence-electron chi connectivity index (χ2n) is 5.53.